The SMILES string of the molecule is CCOc1nc(NC)nc(NC2CCOC2C2CC2)n1. The van der Waals surface area contributed by atoms with Gasteiger partial charge in [-0.25, -0.2) is 0 Å². The van der Waals surface area contributed by atoms with Crippen molar-refractivity contribution in [2.24, 2.45) is 5.92 Å². The minimum atomic E-state index is 0.282. The highest BCUT2D eigenvalue weighted by Crippen LogP contribution is 2.39. The number of hydrogen-bond acceptors (Lipinski definition) is 7. The predicted octanol–water partition coefficient (Wildman–Crippen LogP) is 1.29. The van der Waals surface area contributed by atoms with Crippen LogP contribution in [-0.4, -0.2) is 47.4 Å². The van der Waals surface area contributed by atoms with Gasteiger partial charge in [0, 0.05) is 13.7 Å². The van der Waals surface area contributed by atoms with E-state index in [1.54, 1.807) is 7.05 Å². The summed E-state index contributed by atoms with van der Waals surface area (Å²) >= 11 is 0. The second-order valence-corrected chi connectivity index (χ2v) is 5.16. The topological polar surface area (TPSA) is 81.2 Å². The average molecular weight is 279 g/mol. The molecule has 7 nitrogen and oxygen atoms in total. The molecule has 1 saturated carbocycles. The summed E-state index contributed by atoms with van der Waals surface area (Å²) in [5.41, 5.74) is 0. The van der Waals surface area contributed by atoms with Crippen molar-refractivity contribution in [1.29, 1.82) is 0 Å². The summed E-state index contributed by atoms with van der Waals surface area (Å²) in [5.74, 6) is 1.76. The van der Waals surface area contributed by atoms with Gasteiger partial charge in [0.15, 0.2) is 0 Å². The van der Waals surface area contributed by atoms with Crippen LogP contribution in [0.15, 0.2) is 0 Å². The Morgan fingerprint density at radius 3 is 2.70 bits per heavy atom. The van der Waals surface area contributed by atoms with Crippen molar-refractivity contribution in [2.75, 3.05) is 30.9 Å². The van der Waals surface area contributed by atoms with Crippen molar-refractivity contribution >= 4 is 11.9 Å². The first kappa shape index (κ1) is 13.4. The number of aromatic nitrogens is 3. The van der Waals surface area contributed by atoms with Gasteiger partial charge < -0.3 is 20.1 Å². The van der Waals surface area contributed by atoms with Crippen molar-refractivity contribution in [3.8, 4) is 6.01 Å². The Labute approximate surface area is 118 Å². The molecule has 20 heavy (non-hydrogen) atoms. The number of ether oxygens (including phenoxy) is 2. The number of nitrogens with one attached hydrogen (secondary N) is 2. The lowest BCUT2D eigenvalue weighted by Crippen LogP contribution is -2.31. The monoisotopic (exact) mass is 279 g/mol. The van der Waals surface area contributed by atoms with E-state index >= 15 is 0 Å². The molecule has 0 radical (unpaired) electrons. The molecular weight excluding hydrogens is 258 g/mol. The highest BCUT2D eigenvalue weighted by Gasteiger charge is 2.40. The molecule has 1 aromatic heterocycles. The molecule has 1 aromatic rings. The Hall–Kier alpha value is -1.63. The molecule has 0 aromatic carbocycles. The Morgan fingerprint density at radius 2 is 2.00 bits per heavy atom. The molecule has 1 aliphatic carbocycles. The van der Waals surface area contributed by atoms with Gasteiger partial charge in [0.05, 0.1) is 18.8 Å². The van der Waals surface area contributed by atoms with Crippen molar-refractivity contribution in [2.45, 2.75) is 38.3 Å². The summed E-state index contributed by atoms with van der Waals surface area (Å²) < 4.78 is 11.2. The molecule has 0 bridgehead atoms. The average Bonchev–Trinajstić information content (AvgIpc) is 3.19. The van der Waals surface area contributed by atoms with Crippen LogP contribution >= 0.6 is 0 Å². The van der Waals surface area contributed by atoms with Crippen molar-refractivity contribution in [1.82, 2.24) is 15.0 Å². The van der Waals surface area contributed by atoms with Gasteiger partial charge in [0.1, 0.15) is 0 Å². The highest BCUT2D eigenvalue weighted by atomic mass is 16.5. The van der Waals surface area contributed by atoms with Crippen LogP contribution in [0.3, 0.4) is 0 Å². The fraction of sp³-hybridized carbons (Fsp3) is 0.769. The summed E-state index contributed by atoms with van der Waals surface area (Å²) in [6.45, 7) is 3.24. The second kappa shape index (κ2) is 5.78. The number of hydrogen-bond donors (Lipinski definition) is 2. The zero-order valence-corrected chi connectivity index (χ0v) is 11.9. The fourth-order valence-corrected chi connectivity index (χ4v) is 2.55. The Morgan fingerprint density at radius 1 is 1.20 bits per heavy atom. The fourth-order valence-electron chi connectivity index (χ4n) is 2.55. The minimum Gasteiger partial charge on any atom is -0.464 e. The van der Waals surface area contributed by atoms with Crippen LogP contribution in [0.1, 0.15) is 26.2 Å². The number of rotatable bonds is 6. The number of anilines is 2. The van der Waals surface area contributed by atoms with Crippen molar-refractivity contribution in [3.05, 3.63) is 0 Å². The molecule has 2 atom stereocenters. The first-order valence-electron chi connectivity index (χ1n) is 7.25. The zero-order valence-electron chi connectivity index (χ0n) is 11.9. The highest BCUT2D eigenvalue weighted by molar-refractivity contribution is 5.36. The molecule has 7 heteroatoms. The van der Waals surface area contributed by atoms with Gasteiger partial charge in [-0.1, -0.05) is 0 Å². The predicted molar refractivity (Wildman–Crippen MR) is 75.0 cm³/mol. The van der Waals surface area contributed by atoms with Crippen LogP contribution < -0.4 is 15.4 Å². The Bertz CT molecular complexity index is 466. The van der Waals surface area contributed by atoms with Gasteiger partial charge in [-0.2, -0.15) is 15.0 Å². The molecule has 2 aliphatic rings. The van der Waals surface area contributed by atoms with E-state index in [1.165, 1.54) is 12.8 Å². The lowest BCUT2D eigenvalue weighted by atomic mass is 10.1. The van der Waals surface area contributed by atoms with E-state index in [0.717, 1.165) is 13.0 Å². The zero-order chi connectivity index (χ0) is 13.9. The number of nitrogens with zero attached hydrogens (tertiary/aromatic N) is 3. The molecule has 0 spiro atoms. The molecule has 110 valence electrons. The van der Waals surface area contributed by atoms with E-state index < -0.39 is 0 Å². The molecule has 0 amide bonds. The third-order valence-electron chi connectivity index (χ3n) is 3.65. The third-order valence-corrected chi connectivity index (χ3v) is 3.65. The van der Waals surface area contributed by atoms with Crippen LogP contribution in [0.4, 0.5) is 11.9 Å². The quantitative estimate of drug-likeness (QED) is 0.812. The molecule has 2 unspecified atom stereocenters. The van der Waals surface area contributed by atoms with Crippen molar-refractivity contribution < 1.29 is 9.47 Å². The van der Waals surface area contributed by atoms with Crippen LogP contribution in [-0.2, 0) is 4.74 Å². The summed E-state index contributed by atoms with van der Waals surface area (Å²) in [6.07, 6.45) is 3.82. The molecule has 2 fully saturated rings. The van der Waals surface area contributed by atoms with Gasteiger partial charge >= 0.3 is 6.01 Å². The largest absolute Gasteiger partial charge is 0.464 e. The van der Waals surface area contributed by atoms with E-state index in [9.17, 15) is 0 Å². The maximum Gasteiger partial charge on any atom is 0.323 e. The summed E-state index contributed by atoms with van der Waals surface area (Å²) in [7, 11) is 1.78. The van der Waals surface area contributed by atoms with Gasteiger partial charge in [0.25, 0.3) is 0 Å². The standard InChI is InChI=1S/C13H21N5O2/c1-3-19-13-17-11(14-2)16-12(18-13)15-9-6-7-20-10(9)8-4-5-8/h8-10H,3-7H2,1-2H3,(H2,14,15,16,17,18). The van der Waals surface area contributed by atoms with E-state index in [-0.39, 0.29) is 6.04 Å². The Kier molecular flexibility index (Phi) is 3.86. The molecule has 3 rings (SSSR count). The molecule has 2 heterocycles. The first-order valence-corrected chi connectivity index (χ1v) is 7.25. The summed E-state index contributed by atoms with van der Waals surface area (Å²) in [6, 6.07) is 0.625. The normalized spacial score (nSPS) is 25.5. The maximum atomic E-state index is 5.82. The maximum absolute atomic E-state index is 5.82. The van der Waals surface area contributed by atoms with Crippen LogP contribution in [0.25, 0.3) is 0 Å². The summed E-state index contributed by atoms with van der Waals surface area (Å²) in [4.78, 5) is 12.8. The first-order chi connectivity index (χ1) is 9.80. The van der Waals surface area contributed by atoms with Crippen LogP contribution in [0.5, 0.6) is 6.01 Å². The Balaban J connectivity index is 1.73. The minimum absolute atomic E-state index is 0.282. The van der Waals surface area contributed by atoms with E-state index in [2.05, 4.69) is 25.6 Å². The molecule has 2 N–H and O–H groups in total. The van der Waals surface area contributed by atoms with Gasteiger partial charge in [0.2, 0.25) is 11.9 Å². The molecule has 1 aliphatic heterocycles. The van der Waals surface area contributed by atoms with Gasteiger partial charge in [-0.15, -0.1) is 0 Å². The second-order valence-electron chi connectivity index (χ2n) is 5.16. The van der Waals surface area contributed by atoms with E-state index in [1.807, 2.05) is 6.92 Å². The lowest BCUT2D eigenvalue weighted by Gasteiger charge is -2.19. The third kappa shape index (κ3) is 2.92. The van der Waals surface area contributed by atoms with E-state index in [0.29, 0.717) is 36.5 Å². The van der Waals surface area contributed by atoms with Crippen LogP contribution in [0, 0.1) is 5.92 Å². The molecular formula is C13H21N5O2. The summed E-state index contributed by atoms with van der Waals surface area (Å²) in [5, 5.41) is 6.30. The smallest absolute Gasteiger partial charge is 0.323 e. The van der Waals surface area contributed by atoms with Crippen LogP contribution in [0.2, 0.25) is 0 Å². The van der Waals surface area contributed by atoms with E-state index in [4.69, 9.17) is 9.47 Å². The lowest BCUT2D eigenvalue weighted by molar-refractivity contribution is 0.0897. The van der Waals surface area contributed by atoms with Gasteiger partial charge in [-0.3, -0.25) is 0 Å². The molecule has 1 saturated heterocycles. The van der Waals surface area contributed by atoms with Crippen molar-refractivity contribution in [3.63, 3.8) is 0 Å². The van der Waals surface area contributed by atoms with Gasteiger partial charge in [-0.05, 0) is 32.1 Å².